The van der Waals surface area contributed by atoms with E-state index < -0.39 is 36.4 Å². The molecule has 0 radical (unpaired) electrons. The lowest BCUT2D eigenvalue weighted by atomic mass is 10.1. The van der Waals surface area contributed by atoms with Crippen molar-refractivity contribution in [2.45, 2.75) is 29.4 Å². The molecule has 0 bridgehead atoms. The summed E-state index contributed by atoms with van der Waals surface area (Å²) in [6, 6.07) is 0. The van der Waals surface area contributed by atoms with E-state index in [1.54, 1.807) is 6.26 Å². The molecule has 126 valence electrons. The summed E-state index contributed by atoms with van der Waals surface area (Å²) in [5, 5.41) is 40.1. The Morgan fingerprint density at radius 2 is 2.17 bits per heavy atom. The molecule has 3 rings (SSSR count). The fourth-order valence-electron chi connectivity index (χ4n) is 2.51. The predicted molar refractivity (Wildman–Crippen MR) is 78.5 cm³/mol. The van der Waals surface area contributed by atoms with Gasteiger partial charge in [-0.2, -0.15) is 4.98 Å². The first kappa shape index (κ1) is 16.2. The maximum absolute atomic E-state index is 11.9. The number of rotatable bonds is 3. The van der Waals surface area contributed by atoms with Crippen LogP contribution in [0.3, 0.4) is 0 Å². The van der Waals surface area contributed by atoms with Gasteiger partial charge in [-0.25, -0.2) is 9.55 Å². The Bertz CT molecular complexity index is 808. The lowest BCUT2D eigenvalue weighted by molar-refractivity contribution is -0.290. The molecule has 12 heteroatoms. The number of nitrogens with one attached hydrogen (secondary N) is 1. The number of H-pyrrole nitrogens is 1. The Hall–Kier alpha value is -1.70. The topological polar surface area (TPSA) is 180 Å². The molecule has 0 aliphatic carbocycles. The van der Waals surface area contributed by atoms with Crippen LogP contribution >= 0.6 is 11.8 Å². The third kappa shape index (κ3) is 2.22. The summed E-state index contributed by atoms with van der Waals surface area (Å²) in [6.07, 6.45) is -2.94. The number of anilines is 1. The summed E-state index contributed by atoms with van der Waals surface area (Å²) in [7, 11) is 0. The number of nitrogens with zero attached hydrogens (tertiary/aromatic N) is 3. The lowest BCUT2D eigenvalue weighted by Gasteiger charge is -2.28. The van der Waals surface area contributed by atoms with Gasteiger partial charge < -0.3 is 30.9 Å². The van der Waals surface area contributed by atoms with Gasteiger partial charge in [-0.3, -0.25) is 9.78 Å². The van der Waals surface area contributed by atoms with Crippen LogP contribution < -0.4 is 11.3 Å². The van der Waals surface area contributed by atoms with E-state index in [0.717, 1.165) is 16.3 Å². The molecule has 23 heavy (non-hydrogen) atoms. The zero-order chi connectivity index (χ0) is 16.9. The standard InChI is InChI=1S/C11H15N5O6S/c1-23-10-13-4-7(14-9(12)15-8(4)20)16(10)11(21)6(19)5(18)3(2-17)22-11/h3,5-6,17-19,21H,2H2,1H3,(H3,12,14,15,20)/t3-,5-,6-,11-/m1/s1. The summed E-state index contributed by atoms with van der Waals surface area (Å²) in [6.45, 7) is -0.627. The van der Waals surface area contributed by atoms with Gasteiger partial charge in [-0.15, -0.1) is 0 Å². The Morgan fingerprint density at radius 3 is 2.74 bits per heavy atom. The van der Waals surface area contributed by atoms with Gasteiger partial charge >= 0.3 is 0 Å². The minimum Gasteiger partial charge on any atom is -0.394 e. The van der Waals surface area contributed by atoms with Crippen LogP contribution in [0.2, 0.25) is 0 Å². The zero-order valence-corrected chi connectivity index (χ0v) is 12.7. The molecular formula is C11H15N5O6S. The molecule has 11 nitrogen and oxygen atoms in total. The number of hydrogen-bond donors (Lipinski definition) is 6. The van der Waals surface area contributed by atoms with Gasteiger partial charge in [0.05, 0.1) is 6.61 Å². The van der Waals surface area contributed by atoms with Crippen LogP contribution in [0.15, 0.2) is 9.95 Å². The number of aliphatic hydroxyl groups is 4. The number of nitrogen functional groups attached to an aromatic ring is 1. The molecule has 1 saturated heterocycles. The Morgan fingerprint density at radius 1 is 1.48 bits per heavy atom. The quantitative estimate of drug-likeness (QED) is 0.317. The molecule has 2 aromatic heterocycles. The third-order valence-electron chi connectivity index (χ3n) is 3.60. The number of ether oxygens (including phenoxy) is 1. The number of hydrogen-bond acceptors (Lipinski definition) is 10. The molecule has 7 N–H and O–H groups in total. The van der Waals surface area contributed by atoms with Crippen molar-refractivity contribution < 1.29 is 25.2 Å². The first-order valence-corrected chi connectivity index (χ1v) is 7.75. The SMILES string of the molecule is CSc1nc2c(=O)[nH]c(N)nc2n1[C@]1(O)O[C@H](CO)[C@@H](O)[C@H]1O. The summed E-state index contributed by atoms with van der Waals surface area (Å²) in [5.41, 5.74) is 4.65. The number of fused-ring (bicyclic) bond motifs is 1. The Kier molecular flexibility index (Phi) is 3.82. The van der Waals surface area contributed by atoms with E-state index in [0.29, 0.717) is 0 Å². The van der Waals surface area contributed by atoms with Gasteiger partial charge in [0.25, 0.3) is 11.5 Å². The molecular weight excluding hydrogens is 330 g/mol. The predicted octanol–water partition coefficient (Wildman–Crippen LogP) is -2.86. The van der Waals surface area contributed by atoms with Crippen molar-refractivity contribution in [3.63, 3.8) is 0 Å². The van der Waals surface area contributed by atoms with Crippen molar-refractivity contribution >= 4 is 28.9 Å². The van der Waals surface area contributed by atoms with Crippen molar-refractivity contribution in [2.75, 3.05) is 18.6 Å². The molecule has 0 aromatic carbocycles. The normalized spacial score (nSPS) is 31.1. The molecule has 0 unspecified atom stereocenters. The highest BCUT2D eigenvalue weighted by Crippen LogP contribution is 2.37. The van der Waals surface area contributed by atoms with Gasteiger partial charge in [0.2, 0.25) is 5.95 Å². The maximum atomic E-state index is 11.9. The largest absolute Gasteiger partial charge is 0.394 e. The van der Waals surface area contributed by atoms with Gasteiger partial charge in [0, 0.05) is 0 Å². The molecule has 0 amide bonds. The van der Waals surface area contributed by atoms with E-state index in [-0.39, 0.29) is 22.3 Å². The average Bonchev–Trinajstić information content (AvgIpc) is 2.99. The van der Waals surface area contributed by atoms with Crippen LogP contribution in [-0.4, -0.2) is 71.1 Å². The number of imidazole rings is 1. The first-order valence-electron chi connectivity index (χ1n) is 6.53. The summed E-state index contributed by atoms with van der Waals surface area (Å²) < 4.78 is 6.19. The van der Waals surface area contributed by atoms with Crippen LogP contribution in [0.25, 0.3) is 11.2 Å². The second-order valence-corrected chi connectivity index (χ2v) is 5.76. The van der Waals surface area contributed by atoms with Crippen LogP contribution in [-0.2, 0) is 10.6 Å². The number of thioether (sulfide) groups is 1. The second kappa shape index (κ2) is 5.43. The maximum Gasteiger partial charge on any atom is 0.287 e. The van der Waals surface area contributed by atoms with Crippen LogP contribution in [0, 0.1) is 0 Å². The fraction of sp³-hybridized carbons (Fsp3) is 0.545. The van der Waals surface area contributed by atoms with Crippen molar-refractivity contribution in [3.8, 4) is 0 Å². The number of aromatic nitrogens is 4. The fourth-order valence-corrected chi connectivity index (χ4v) is 3.09. The summed E-state index contributed by atoms with van der Waals surface area (Å²) >= 11 is 1.06. The monoisotopic (exact) mass is 345 g/mol. The minimum absolute atomic E-state index is 0.107. The van der Waals surface area contributed by atoms with Gasteiger partial charge in [-0.05, 0) is 6.26 Å². The van der Waals surface area contributed by atoms with E-state index >= 15 is 0 Å². The lowest BCUT2D eigenvalue weighted by Crippen LogP contribution is -2.46. The highest BCUT2D eigenvalue weighted by atomic mass is 32.2. The van der Waals surface area contributed by atoms with E-state index in [4.69, 9.17) is 10.5 Å². The Balaban J connectivity index is 2.29. The third-order valence-corrected chi connectivity index (χ3v) is 4.24. The van der Waals surface area contributed by atoms with Crippen LogP contribution in [0.5, 0.6) is 0 Å². The van der Waals surface area contributed by atoms with Crippen LogP contribution in [0.1, 0.15) is 0 Å². The van der Waals surface area contributed by atoms with Gasteiger partial charge in [-0.1, -0.05) is 11.8 Å². The molecule has 1 aliphatic rings. The highest BCUT2D eigenvalue weighted by Gasteiger charge is 2.56. The number of nitrogens with two attached hydrogens (primary N) is 1. The molecule has 4 atom stereocenters. The highest BCUT2D eigenvalue weighted by molar-refractivity contribution is 7.98. The Labute approximate surface area is 132 Å². The van der Waals surface area contributed by atoms with Crippen molar-refractivity contribution in [2.24, 2.45) is 0 Å². The molecule has 0 spiro atoms. The van der Waals surface area contributed by atoms with Gasteiger partial charge in [0.1, 0.15) is 12.2 Å². The smallest absolute Gasteiger partial charge is 0.287 e. The number of aliphatic hydroxyl groups excluding tert-OH is 3. The van der Waals surface area contributed by atoms with E-state index in [2.05, 4.69) is 15.0 Å². The van der Waals surface area contributed by atoms with E-state index in [9.17, 15) is 25.2 Å². The van der Waals surface area contributed by atoms with Gasteiger partial charge in [0.15, 0.2) is 22.4 Å². The average molecular weight is 345 g/mol. The van der Waals surface area contributed by atoms with Crippen molar-refractivity contribution in [1.29, 1.82) is 0 Å². The minimum atomic E-state index is -2.47. The first-order chi connectivity index (χ1) is 10.8. The van der Waals surface area contributed by atoms with Crippen molar-refractivity contribution in [1.82, 2.24) is 19.5 Å². The van der Waals surface area contributed by atoms with Crippen LogP contribution in [0.4, 0.5) is 5.95 Å². The van der Waals surface area contributed by atoms with Crippen molar-refractivity contribution in [3.05, 3.63) is 10.4 Å². The molecule has 3 heterocycles. The summed E-state index contributed by atoms with van der Waals surface area (Å²) in [4.78, 5) is 22.2. The summed E-state index contributed by atoms with van der Waals surface area (Å²) in [5.74, 6) is -2.68. The molecule has 2 aromatic rings. The van der Waals surface area contributed by atoms with E-state index in [1.807, 2.05) is 0 Å². The van der Waals surface area contributed by atoms with E-state index in [1.165, 1.54) is 0 Å². The second-order valence-electron chi connectivity index (χ2n) is 4.99. The molecule has 0 saturated carbocycles. The number of aromatic amines is 1. The molecule has 1 fully saturated rings. The zero-order valence-electron chi connectivity index (χ0n) is 11.9. The molecule has 1 aliphatic heterocycles.